The Balaban J connectivity index is 2.04. The van der Waals surface area contributed by atoms with Gasteiger partial charge < -0.3 is 14.2 Å². The third-order valence-corrected chi connectivity index (χ3v) is 4.32. The number of ketones is 1. The maximum atomic E-state index is 12.3. The number of thiazole rings is 1. The maximum absolute atomic E-state index is 12.3. The summed E-state index contributed by atoms with van der Waals surface area (Å²) in [5, 5.41) is 11.2. The van der Waals surface area contributed by atoms with Gasteiger partial charge in [-0.25, -0.2) is 9.78 Å². The minimum Gasteiger partial charge on any atom is -0.493 e. The number of ether oxygens (including phenoxy) is 3. The molecule has 1 heterocycles. The summed E-state index contributed by atoms with van der Waals surface area (Å²) in [6, 6.07) is 5.31. The fourth-order valence-electron chi connectivity index (χ4n) is 2.06. The maximum Gasteiger partial charge on any atom is 0.387 e. The average molecular weight is 396 g/mol. The van der Waals surface area contributed by atoms with Gasteiger partial charge in [0, 0.05) is 11.1 Å². The molecule has 0 spiro atoms. The molecule has 0 unspecified atom stereocenters. The highest BCUT2D eigenvalue weighted by Gasteiger charge is 2.25. The number of hydrogen-bond acceptors (Lipinski definition) is 8. The molecule has 0 N–H and O–H groups in total. The second-order valence-electron chi connectivity index (χ2n) is 5.18. The van der Waals surface area contributed by atoms with Gasteiger partial charge in [0.2, 0.25) is 0 Å². The molecule has 1 aromatic heterocycles. The zero-order valence-corrected chi connectivity index (χ0v) is 15.1. The number of alkyl halides is 2. The van der Waals surface area contributed by atoms with Crippen molar-refractivity contribution in [1.82, 2.24) is 4.98 Å². The molecule has 7 nitrogen and oxygen atoms in total. The van der Waals surface area contributed by atoms with Crippen LogP contribution in [0.5, 0.6) is 11.5 Å². The van der Waals surface area contributed by atoms with Crippen molar-refractivity contribution in [2.75, 3.05) is 13.7 Å². The van der Waals surface area contributed by atoms with E-state index in [1.165, 1.54) is 24.5 Å². The fraction of sp³-hybridized carbons (Fsp3) is 0.294. The first-order valence-electron chi connectivity index (χ1n) is 7.50. The molecule has 0 fully saturated rings. The Hall–Kier alpha value is -3.06. The summed E-state index contributed by atoms with van der Waals surface area (Å²) in [6.45, 7) is -1.95. The van der Waals surface area contributed by atoms with Gasteiger partial charge in [-0.1, -0.05) is 0 Å². The highest BCUT2D eigenvalue weighted by Crippen LogP contribution is 2.29. The number of methoxy groups -OCH3 is 1. The number of nitrogens with zero attached hydrogens (tertiary/aromatic N) is 2. The number of carbonyl (C=O) groups is 2. The van der Waals surface area contributed by atoms with E-state index in [0.717, 1.165) is 12.1 Å². The first-order chi connectivity index (χ1) is 12.8. The molecule has 0 aliphatic carbocycles. The van der Waals surface area contributed by atoms with Crippen LogP contribution >= 0.6 is 11.3 Å². The van der Waals surface area contributed by atoms with Gasteiger partial charge >= 0.3 is 12.6 Å². The second kappa shape index (κ2) is 9.05. The van der Waals surface area contributed by atoms with Gasteiger partial charge in [0.1, 0.15) is 5.01 Å². The van der Waals surface area contributed by atoms with Crippen molar-refractivity contribution in [3.63, 3.8) is 0 Å². The van der Waals surface area contributed by atoms with Crippen LogP contribution in [0.2, 0.25) is 0 Å². The van der Waals surface area contributed by atoms with Gasteiger partial charge in [0.05, 0.1) is 18.7 Å². The third-order valence-electron chi connectivity index (χ3n) is 3.30. The van der Waals surface area contributed by atoms with Crippen LogP contribution in [0.25, 0.3) is 0 Å². The number of rotatable bonds is 8. The van der Waals surface area contributed by atoms with Gasteiger partial charge in [-0.05, 0) is 25.1 Å². The number of halogens is 2. The number of carbonyl (C=O) groups excluding carboxylic acids is 2. The molecule has 0 bridgehead atoms. The van der Waals surface area contributed by atoms with E-state index in [9.17, 15) is 23.6 Å². The molecule has 0 radical (unpaired) electrons. The number of Topliss-reactive ketones (excluding diaryl/α,β-unsaturated/α-hetero) is 1. The summed E-state index contributed by atoms with van der Waals surface area (Å²) < 4.78 is 38.7. The minimum absolute atomic E-state index is 0.0279. The summed E-state index contributed by atoms with van der Waals surface area (Å²) in [5.41, 5.74) is 0.651. The molecular formula is C17H14F2N2O5S. The lowest BCUT2D eigenvalue weighted by Gasteiger charge is -2.11. The van der Waals surface area contributed by atoms with Crippen molar-refractivity contribution in [3.8, 4) is 17.6 Å². The van der Waals surface area contributed by atoms with E-state index in [0.29, 0.717) is 10.7 Å². The molecule has 10 heteroatoms. The van der Waals surface area contributed by atoms with Crippen molar-refractivity contribution in [3.05, 3.63) is 39.8 Å². The number of hydrogen-bond donors (Lipinski definition) is 0. The quantitative estimate of drug-likeness (QED) is 0.632. The fourth-order valence-corrected chi connectivity index (χ4v) is 2.92. The number of nitriles is 1. The van der Waals surface area contributed by atoms with E-state index in [4.69, 9.17) is 9.47 Å². The van der Waals surface area contributed by atoms with Crippen molar-refractivity contribution in [2.45, 2.75) is 19.5 Å². The average Bonchev–Trinajstić information content (AvgIpc) is 3.06. The predicted octanol–water partition coefficient (Wildman–Crippen LogP) is 3.09. The zero-order valence-electron chi connectivity index (χ0n) is 14.3. The van der Waals surface area contributed by atoms with Crippen molar-refractivity contribution >= 4 is 23.1 Å². The van der Waals surface area contributed by atoms with Crippen LogP contribution in [0, 0.1) is 18.3 Å². The molecular weight excluding hydrogens is 382 g/mol. The summed E-state index contributed by atoms with van der Waals surface area (Å²) >= 11 is 1.17. The molecule has 0 aliphatic heterocycles. The second-order valence-corrected chi connectivity index (χ2v) is 6.07. The Bertz CT molecular complexity index is 878. The zero-order chi connectivity index (χ0) is 20.0. The third kappa shape index (κ3) is 5.21. The first-order valence-corrected chi connectivity index (χ1v) is 8.38. The lowest BCUT2D eigenvalue weighted by Crippen LogP contribution is -2.20. The van der Waals surface area contributed by atoms with Gasteiger partial charge in [-0.3, -0.25) is 4.79 Å². The van der Waals surface area contributed by atoms with Crippen LogP contribution in [-0.4, -0.2) is 37.1 Å². The van der Waals surface area contributed by atoms with E-state index in [1.807, 2.05) is 6.07 Å². The number of esters is 1. The molecule has 0 saturated carbocycles. The van der Waals surface area contributed by atoms with E-state index in [2.05, 4.69) is 9.72 Å². The molecule has 1 aromatic carbocycles. The monoisotopic (exact) mass is 396 g/mol. The van der Waals surface area contributed by atoms with E-state index < -0.39 is 30.9 Å². The van der Waals surface area contributed by atoms with Crippen LogP contribution in [0.15, 0.2) is 23.6 Å². The highest BCUT2D eigenvalue weighted by molar-refractivity contribution is 7.09. The van der Waals surface area contributed by atoms with Crippen LogP contribution in [0.1, 0.15) is 27.0 Å². The molecule has 142 valence electrons. The molecule has 0 amide bonds. The summed E-state index contributed by atoms with van der Waals surface area (Å²) in [6.07, 6.45) is 0. The molecule has 0 saturated heterocycles. The van der Waals surface area contributed by atoms with Gasteiger partial charge in [0.15, 0.2) is 29.8 Å². The summed E-state index contributed by atoms with van der Waals surface area (Å²) in [4.78, 5) is 28.3. The molecule has 27 heavy (non-hydrogen) atoms. The summed E-state index contributed by atoms with van der Waals surface area (Å²) in [7, 11) is 1.22. The number of aromatic nitrogens is 1. The standard InChI is InChI=1S/C17H14F2N2O5S/c1-9-8-27-15(21-9)11(6-20)12(22)7-25-16(23)10-3-4-13(26-17(18)19)14(5-10)24-2/h3-5,8,11,17H,7H2,1-2H3/t11-/m0/s1. The molecule has 2 rings (SSSR count). The Labute approximate surface area is 157 Å². The predicted molar refractivity (Wildman–Crippen MR) is 90.1 cm³/mol. The summed E-state index contributed by atoms with van der Waals surface area (Å²) in [5.74, 6) is -2.97. The van der Waals surface area contributed by atoms with Crippen molar-refractivity contribution < 1.29 is 32.6 Å². The van der Waals surface area contributed by atoms with Crippen LogP contribution in [0.4, 0.5) is 8.78 Å². The van der Waals surface area contributed by atoms with Crippen molar-refractivity contribution in [1.29, 1.82) is 5.26 Å². The van der Waals surface area contributed by atoms with Gasteiger partial charge in [-0.2, -0.15) is 14.0 Å². The minimum atomic E-state index is -3.05. The Morgan fingerprint density at radius 3 is 2.63 bits per heavy atom. The van der Waals surface area contributed by atoms with E-state index in [-0.39, 0.29) is 17.1 Å². The number of aryl methyl sites for hydroxylation is 1. The lowest BCUT2D eigenvalue weighted by atomic mass is 10.1. The highest BCUT2D eigenvalue weighted by atomic mass is 32.1. The smallest absolute Gasteiger partial charge is 0.387 e. The Morgan fingerprint density at radius 2 is 2.07 bits per heavy atom. The Kier molecular flexibility index (Phi) is 6.79. The van der Waals surface area contributed by atoms with E-state index >= 15 is 0 Å². The molecule has 1 atom stereocenters. The van der Waals surface area contributed by atoms with Crippen molar-refractivity contribution in [2.24, 2.45) is 0 Å². The van der Waals surface area contributed by atoms with Crippen LogP contribution in [-0.2, 0) is 9.53 Å². The van der Waals surface area contributed by atoms with Gasteiger partial charge in [0.25, 0.3) is 0 Å². The number of benzene rings is 1. The largest absolute Gasteiger partial charge is 0.493 e. The lowest BCUT2D eigenvalue weighted by molar-refractivity contribution is -0.122. The van der Waals surface area contributed by atoms with Gasteiger partial charge in [-0.15, -0.1) is 11.3 Å². The topological polar surface area (TPSA) is 98.5 Å². The molecule has 0 aliphatic rings. The SMILES string of the molecule is COc1cc(C(=O)OCC(=O)[C@H](C#N)c2nc(C)cs2)ccc1OC(F)F. The normalized spacial score (nSPS) is 11.6. The Morgan fingerprint density at radius 1 is 1.33 bits per heavy atom. The first kappa shape index (κ1) is 20.3. The van der Waals surface area contributed by atoms with Crippen LogP contribution in [0.3, 0.4) is 0 Å². The van der Waals surface area contributed by atoms with E-state index in [1.54, 1.807) is 12.3 Å². The molecule has 2 aromatic rings. The van der Waals surface area contributed by atoms with Crippen LogP contribution < -0.4 is 9.47 Å².